The molecule has 0 bridgehead atoms. The molecular weight excluding hydrogens is 352 g/mol. The predicted octanol–water partition coefficient (Wildman–Crippen LogP) is 1.91. The maximum Gasteiger partial charge on any atom is 0.263 e. The summed E-state index contributed by atoms with van der Waals surface area (Å²) < 4.78 is 30.3. The van der Waals surface area contributed by atoms with Crippen LogP contribution >= 0.6 is 11.6 Å². The minimum Gasteiger partial charge on any atom is -0.479 e. The lowest BCUT2D eigenvalue weighted by Gasteiger charge is -2.35. The van der Waals surface area contributed by atoms with Crippen LogP contribution in [0.4, 0.5) is 0 Å². The third-order valence-electron chi connectivity index (χ3n) is 4.02. The normalized spacial score (nSPS) is 17.6. The van der Waals surface area contributed by atoms with Crippen molar-refractivity contribution in [2.45, 2.75) is 26.4 Å². The number of halogens is 1. The molecule has 8 heteroatoms. The molecule has 0 saturated carbocycles. The lowest BCUT2D eigenvalue weighted by atomic mass is 10.2. The van der Waals surface area contributed by atoms with Crippen LogP contribution in [0.1, 0.15) is 18.9 Å². The molecule has 1 amide bonds. The minimum atomic E-state index is -3.21. The zero-order valence-corrected chi connectivity index (χ0v) is 15.7. The molecule has 0 spiro atoms. The molecule has 1 saturated heterocycles. The van der Waals surface area contributed by atoms with E-state index in [1.165, 1.54) is 10.6 Å². The third-order valence-corrected chi connectivity index (χ3v) is 5.64. The van der Waals surface area contributed by atoms with E-state index in [-0.39, 0.29) is 5.91 Å². The van der Waals surface area contributed by atoms with Crippen LogP contribution in [0, 0.1) is 6.92 Å². The van der Waals surface area contributed by atoms with Gasteiger partial charge in [0, 0.05) is 26.2 Å². The molecule has 1 aliphatic heterocycles. The number of carbonyl (C=O) groups excluding carboxylic acids is 1. The Morgan fingerprint density at radius 3 is 2.46 bits per heavy atom. The average molecular weight is 375 g/mol. The van der Waals surface area contributed by atoms with E-state index in [9.17, 15) is 13.2 Å². The van der Waals surface area contributed by atoms with E-state index in [0.717, 1.165) is 5.56 Å². The summed E-state index contributed by atoms with van der Waals surface area (Å²) in [6, 6.07) is 5.43. The van der Waals surface area contributed by atoms with Crippen molar-refractivity contribution in [3.8, 4) is 5.75 Å². The van der Waals surface area contributed by atoms with Crippen molar-refractivity contribution in [3.63, 3.8) is 0 Å². The zero-order valence-electron chi connectivity index (χ0n) is 14.2. The number of rotatable bonds is 5. The topological polar surface area (TPSA) is 66.9 Å². The molecule has 0 radical (unpaired) electrons. The van der Waals surface area contributed by atoms with E-state index < -0.39 is 16.1 Å². The first kappa shape index (κ1) is 19.0. The van der Waals surface area contributed by atoms with Gasteiger partial charge in [-0.05, 0) is 31.0 Å². The number of piperazine rings is 1. The van der Waals surface area contributed by atoms with E-state index >= 15 is 0 Å². The number of hydrogen-bond donors (Lipinski definition) is 0. The molecule has 1 heterocycles. The van der Waals surface area contributed by atoms with E-state index in [0.29, 0.717) is 43.4 Å². The number of sulfonamides is 1. The fourth-order valence-electron chi connectivity index (χ4n) is 2.61. The van der Waals surface area contributed by atoms with Crippen LogP contribution < -0.4 is 4.74 Å². The van der Waals surface area contributed by atoms with E-state index in [4.69, 9.17) is 16.3 Å². The summed E-state index contributed by atoms with van der Waals surface area (Å²) in [7, 11) is -3.21. The van der Waals surface area contributed by atoms with Gasteiger partial charge in [-0.1, -0.05) is 24.6 Å². The second-order valence-corrected chi connectivity index (χ2v) is 8.33. The molecule has 0 N–H and O–H groups in total. The van der Waals surface area contributed by atoms with Crippen molar-refractivity contribution in [1.82, 2.24) is 9.21 Å². The van der Waals surface area contributed by atoms with Crippen LogP contribution in [-0.4, -0.2) is 62.1 Å². The van der Waals surface area contributed by atoms with Crippen molar-refractivity contribution in [2.24, 2.45) is 0 Å². The van der Waals surface area contributed by atoms with Crippen molar-refractivity contribution in [2.75, 3.05) is 32.4 Å². The Hall–Kier alpha value is -1.31. The van der Waals surface area contributed by atoms with Gasteiger partial charge in [0.05, 0.1) is 11.3 Å². The van der Waals surface area contributed by atoms with Crippen LogP contribution in [-0.2, 0) is 14.8 Å². The number of ether oxygens (including phenoxy) is 1. The van der Waals surface area contributed by atoms with Crippen molar-refractivity contribution < 1.29 is 17.9 Å². The number of aryl methyl sites for hydroxylation is 1. The van der Waals surface area contributed by atoms with Gasteiger partial charge in [-0.25, -0.2) is 8.42 Å². The van der Waals surface area contributed by atoms with Crippen LogP contribution in [0.25, 0.3) is 0 Å². The summed E-state index contributed by atoms with van der Waals surface area (Å²) in [5.41, 5.74) is 0.999. The number of benzene rings is 1. The first-order valence-corrected chi connectivity index (χ1v) is 10.1. The number of nitrogens with zero attached hydrogens (tertiary/aromatic N) is 2. The molecular formula is C16H23ClN2O4S. The first-order chi connectivity index (χ1) is 11.2. The highest BCUT2D eigenvalue weighted by Gasteiger charge is 2.30. The van der Waals surface area contributed by atoms with Crippen molar-refractivity contribution >= 4 is 27.5 Å². The molecule has 1 unspecified atom stereocenters. The highest BCUT2D eigenvalue weighted by atomic mass is 35.5. The fraction of sp³-hybridized carbons (Fsp3) is 0.562. The van der Waals surface area contributed by atoms with Crippen LogP contribution in [0.15, 0.2) is 18.2 Å². The van der Waals surface area contributed by atoms with Crippen molar-refractivity contribution in [3.05, 3.63) is 28.8 Å². The summed E-state index contributed by atoms with van der Waals surface area (Å²) in [4.78, 5) is 14.3. The van der Waals surface area contributed by atoms with Crippen LogP contribution in [0.2, 0.25) is 5.02 Å². The van der Waals surface area contributed by atoms with Crippen LogP contribution in [0.5, 0.6) is 5.75 Å². The second-order valence-electron chi connectivity index (χ2n) is 5.94. The highest BCUT2D eigenvalue weighted by molar-refractivity contribution is 7.88. The zero-order chi connectivity index (χ0) is 17.9. The first-order valence-electron chi connectivity index (χ1n) is 7.89. The number of hydrogen-bond acceptors (Lipinski definition) is 4. The molecule has 6 nitrogen and oxygen atoms in total. The second kappa shape index (κ2) is 7.72. The lowest BCUT2D eigenvalue weighted by Crippen LogP contribution is -2.53. The summed E-state index contributed by atoms with van der Waals surface area (Å²) in [6.07, 6.45) is 1.06. The molecule has 1 fully saturated rings. The van der Waals surface area contributed by atoms with E-state index in [1.54, 1.807) is 17.0 Å². The quantitative estimate of drug-likeness (QED) is 0.789. The van der Waals surface area contributed by atoms with Gasteiger partial charge in [0.15, 0.2) is 6.10 Å². The highest BCUT2D eigenvalue weighted by Crippen LogP contribution is 2.27. The number of carbonyl (C=O) groups is 1. The molecule has 1 aliphatic rings. The van der Waals surface area contributed by atoms with Gasteiger partial charge in [0.25, 0.3) is 5.91 Å². The Kier molecular flexibility index (Phi) is 6.11. The summed E-state index contributed by atoms with van der Waals surface area (Å²) in [5.74, 6) is 0.356. The molecule has 24 heavy (non-hydrogen) atoms. The van der Waals surface area contributed by atoms with Gasteiger partial charge >= 0.3 is 0 Å². The maximum atomic E-state index is 12.7. The Balaban J connectivity index is 2.03. The minimum absolute atomic E-state index is 0.136. The smallest absolute Gasteiger partial charge is 0.263 e. The molecule has 0 aromatic heterocycles. The molecule has 134 valence electrons. The van der Waals surface area contributed by atoms with Gasteiger partial charge in [0.1, 0.15) is 5.75 Å². The Labute approximate surface area is 148 Å². The Morgan fingerprint density at radius 2 is 1.92 bits per heavy atom. The Morgan fingerprint density at radius 1 is 1.29 bits per heavy atom. The van der Waals surface area contributed by atoms with Gasteiger partial charge in [0.2, 0.25) is 10.0 Å². The average Bonchev–Trinajstić information content (AvgIpc) is 2.54. The van der Waals surface area contributed by atoms with E-state index in [1.807, 2.05) is 19.9 Å². The standard InChI is InChI=1S/C16H23ClN2O4S/c1-4-14(23-15-11-12(2)5-6-13(15)17)16(20)18-7-9-19(10-8-18)24(3,21)22/h5-6,11,14H,4,7-10H2,1-3H3. The Bertz CT molecular complexity index is 700. The molecule has 1 atom stereocenters. The van der Waals surface area contributed by atoms with E-state index in [2.05, 4.69) is 0 Å². The van der Waals surface area contributed by atoms with Crippen LogP contribution in [0.3, 0.4) is 0 Å². The lowest BCUT2D eigenvalue weighted by molar-refractivity contribution is -0.140. The maximum absolute atomic E-state index is 12.7. The van der Waals surface area contributed by atoms with Gasteiger partial charge in [-0.3, -0.25) is 4.79 Å². The van der Waals surface area contributed by atoms with Gasteiger partial charge < -0.3 is 9.64 Å². The molecule has 1 aromatic rings. The van der Waals surface area contributed by atoms with Gasteiger partial charge in [-0.15, -0.1) is 0 Å². The van der Waals surface area contributed by atoms with Gasteiger partial charge in [-0.2, -0.15) is 4.31 Å². The number of amides is 1. The monoisotopic (exact) mass is 374 g/mol. The predicted molar refractivity (Wildman–Crippen MR) is 93.9 cm³/mol. The summed E-state index contributed by atoms with van der Waals surface area (Å²) >= 11 is 6.13. The molecule has 2 rings (SSSR count). The summed E-state index contributed by atoms with van der Waals surface area (Å²) in [5, 5.41) is 0.466. The molecule has 0 aliphatic carbocycles. The van der Waals surface area contributed by atoms with Crippen molar-refractivity contribution in [1.29, 1.82) is 0 Å². The SMILES string of the molecule is CCC(Oc1cc(C)ccc1Cl)C(=O)N1CCN(S(C)(=O)=O)CC1. The molecule has 1 aromatic carbocycles. The largest absolute Gasteiger partial charge is 0.479 e. The fourth-order valence-corrected chi connectivity index (χ4v) is 3.59. The third kappa shape index (κ3) is 4.62. The summed E-state index contributed by atoms with van der Waals surface area (Å²) in [6.45, 7) is 5.16.